The fraction of sp³-hybridized carbons (Fsp3) is 0.500. The number of aromatic nitrogens is 2. The molecule has 1 heterocycles. The molecule has 0 radical (unpaired) electrons. The van der Waals surface area contributed by atoms with Crippen molar-refractivity contribution in [1.29, 1.82) is 0 Å². The number of nitrogens with one attached hydrogen (secondary N) is 3. The van der Waals surface area contributed by atoms with Crippen LogP contribution in [0, 0.1) is 6.92 Å². The summed E-state index contributed by atoms with van der Waals surface area (Å²) in [7, 11) is 6.98. The van der Waals surface area contributed by atoms with Crippen molar-refractivity contribution in [2.45, 2.75) is 44.7 Å². The number of hydrogen-bond acceptors (Lipinski definition) is 7. The number of ether oxygens (including phenoxy) is 2. The molecular formula is C22H31ClN6O3. The molecule has 1 fully saturated rings. The minimum Gasteiger partial charge on any atom is -0.495 e. The maximum Gasteiger partial charge on any atom is 0.319 e. The SMILES string of the molecule is COc1cc(OC)c(NC(=O)N[C@H]2CC[C@@H](Nc3cc(N(C)C)nc(C)n3)CC2)cc1Cl. The van der Waals surface area contributed by atoms with Gasteiger partial charge in [0.2, 0.25) is 0 Å². The number of carbonyl (C=O) groups excluding carboxylic acids is 1. The van der Waals surface area contributed by atoms with Gasteiger partial charge < -0.3 is 30.3 Å². The minimum absolute atomic E-state index is 0.0947. The summed E-state index contributed by atoms with van der Waals surface area (Å²) in [5, 5.41) is 9.78. The molecule has 0 unspecified atom stereocenters. The van der Waals surface area contributed by atoms with Crippen molar-refractivity contribution in [1.82, 2.24) is 15.3 Å². The average molecular weight is 463 g/mol. The summed E-state index contributed by atoms with van der Waals surface area (Å²) in [6.45, 7) is 1.89. The highest BCUT2D eigenvalue weighted by Gasteiger charge is 2.23. The molecule has 10 heteroatoms. The van der Waals surface area contributed by atoms with Gasteiger partial charge in [0.25, 0.3) is 0 Å². The Kier molecular flexibility index (Phi) is 7.84. The second kappa shape index (κ2) is 10.6. The van der Waals surface area contributed by atoms with Crippen LogP contribution in [-0.4, -0.2) is 56.4 Å². The monoisotopic (exact) mass is 462 g/mol. The van der Waals surface area contributed by atoms with E-state index in [1.807, 2.05) is 32.0 Å². The lowest BCUT2D eigenvalue weighted by Gasteiger charge is -2.30. The van der Waals surface area contributed by atoms with Crippen molar-refractivity contribution in [2.75, 3.05) is 43.8 Å². The van der Waals surface area contributed by atoms with Crippen LogP contribution in [0.15, 0.2) is 18.2 Å². The van der Waals surface area contributed by atoms with E-state index in [2.05, 4.69) is 25.9 Å². The molecule has 32 heavy (non-hydrogen) atoms. The first-order chi connectivity index (χ1) is 15.3. The van der Waals surface area contributed by atoms with Crippen molar-refractivity contribution in [2.24, 2.45) is 0 Å². The lowest BCUT2D eigenvalue weighted by molar-refractivity contribution is 0.243. The molecule has 3 N–H and O–H groups in total. The smallest absolute Gasteiger partial charge is 0.319 e. The normalized spacial score (nSPS) is 17.9. The zero-order valence-electron chi connectivity index (χ0n) is 19.2. The van der Waals surface area contributed by atoms with Crippen LogP contribution in [0.5, 0.6) is 11.5 Å². The van der Waals surface area contributed by atoms with Gasteiger partial charge in [-0.3, -0.25) is 0 Å². The van der Waals surface area contributed by atoms with Crippen LogP contribution in [0.25, 0.3) is 0 Å². The van der Waals surface area contributed by atoms with Crippen LogP contribution in [0.2, 0.25) is 5.02 Å². The van der Waals surface area contributed by atoms with E-state index in [1.165, 1.54) is 14.2 Å². The van der Waals surface area contributed by atoms with Gasteiger partial charge in [0, 0.05) is 38.3 Å². The lowest BCUT2D eigenvalue weighted by atomic mass is 9.91. The number of benzene rings is 1. The van der Waals surface area contributed by atoms with E-state index >= 15 is 0 Å². The molecule has 0 bridgehead atoms. The topological polar surface area (TPSA) is 101 Å². The molecule has 9 nitrogen and oxygen atoms in total. The Bertz CT molecular complexity index is 948. The summed E-state index contributed by atoms with van der Waals surface area (Å²) >= 11 is 6.18. The van der Waals surface area contributed by atoms with Crippen LogP contribution in [0.4, 0.5) is 22.1 Å². The van der Waals surface area contributed by atoms with Crippen molar-refractivity contribution < 1.29 is 14.3 Å². The van der Waals surface area contributed by atoms with Gasteiger partial charge in [0.05, 0.1) is 24.9 Å². The number of aryl methyl sites for hydroxylation is 1. The molecule has 1 aliphatic carbocycles. The molecule has 3 rings (SSSR count). The number of urea groups is 1. The Morgan fingerprint density at radius 3 is 2.31 bits per heavy atom. The fourth-order valence-corrected chi connectivity index (χ4v) is 3.99. The first-order valence-electron chi connectivity index (χ1n) is 10.6. The highest BCUT2D eigenvalue weighted by molar-refractivity contribution is 6.32. The molecule has 2 amide bonds. The summed E-state index contributed by atoms with van der Waals surface area (Å²) in [4.78, 5) is 23.4. The summed E-state index contributed by atoms with van der Waals surface area (Å²) in [5.41, 5.74) is 0.488. The van der Waals surface area contributed by atoms with Crippen LogP contribution in [0.1, 0.15) is 31.5 Å². The summed E-state index contributed by atoms with van der Waals surface area (Å²) in [5.74, 6) is 3.41. The third-order valence-electron chi connectivity index (χ3n) is 5.42. The second-order valence-electron chi connectivity index (χ2n) is 8.03. The largest absolute Gasteiger partial charge is 0.495 e. The van der Waals surface area contributed by atoms with Crippen molar-refractivity contribution in [3.63, 3.8) is 0 Å². The molecule has 0 spiro atoms. The molecule has 0 atom stereocenters. The van der Waals surface area contributed by atoms with Gasteiger partial charge in [-0.2, -0.15) is 0 Å². The Morgan fingerprint density at radius 2 is 1.69 bits per heavy atom. The molecule has 0 saturated heterocycles. The Hall–Kier alpha value is -2.94. The van der Waals surface area contributed by atoms with Gasteiger partial charge in [-0.15, -0.1) is 0 Å². The minimum atomic E-state index is -0.289. The molecule has 0 aliphatic heterocycles. The third-order valence-corrected chi connectivity index (χ3v) is 5.71. The highest BCUT2D eigenvalue weighted by Crippen LogP contribution is 2.36. The van der Waals surface area contributed by atoms with E-state index in [9.17, 15) is 4.79 Å². The van der Waals surface area contributed by atoms with Gasteiger partial charge in [-0.05, 0) is 38.7 Å². The number of hydrogen-bond donors (Lipinski definition) is 3. The average Bonchev–Trinajstić information content (AvgIpc) is 2.75. The number of amides is 2. The zero-order valence-corrected chi connectivity index (χ0v) is 19.9. The fourth-order valence-electron chi connectivity index (χ4n) is 3.75. The molecule has 1 aromatic carbocycles. The first kappa shape index (κ1) is 23.7. The molecular weight excluding hydrogens is 432 g/mol. The number of anilines is 3. The van der Waals surface area contributed by atoms with Gasteiger partial charge in [-0.1, -0.05) is 11.6 Å². The molecule has 1 aromatic heterocycles. The van der Waals surface area contributed by atoms with Crippen LogP contribution >= 0.6 is 11.6 Å². The van der Waals surface area contributed by atoms with E-state index in [0.29, 0.717) is 28.3 Å². The lowest BCUT2D eigenvalue weighted by Crippen LogP contribution is -2.42. The maximum atomic E-state index is 12.5. The Morgan fingerprint density at radius 1 is 1.03 bits per heavy atom. The summed E-state index contributed by atoms with van der Waals surface area (Å²) in [6.07, 6.45) is 3.61. The number of carbonyl (C=O) groups is 1. The standard InChI is InChI=1S/C22H31ClN6O3/c1-13-24-20(12-21(25-13)29(2)3)26-14-6-8-15(9-7-14)27-22(30)28-17-10-16(23)18(31-4)11-19(17)32-5/h10-12,14-15H,6-9H2,1-5H3,(H,24,25,26)(H2,27,28,30)/t14-,15+. The van der Waals surface area contributed by atoms with Crippen LogP contribution < -0.4 is 30.3 Å². The van der Waals surface area contributed by atoms with Gasteiger partial charge in [-0.25, -0.2) is 14.8 Å². The van der Waals surface area contributed by atoms with Crippen LogP contribution in [-0.2, 0) is 0 Å². The second-order valence-corrected chi connectivity index (χ2v) is 8.44. The number of nitrogens with zero attached hydrogens (tertiary/aromatic N) is 3. The molecule has 174 valence electrons. The van der Waals surface area contributed by atoms with E-state index in [1.54, 1.807) is 12.1 Å². The van der Waals surface area contributed by atoms with Crippen LogP contribution in [0.3, 0.4) is 0 Å². The maximum absolute atomic E-state index is 12.5. The third kappa shape index (κ3) is 6.06. The van der Waals surface area contributed by atoms with Crippen molar-refractivity contribution >= 4 is 35.0 Å². The predicted octanol–water partition coefficient (Wildman–Crippen LogP) is 4.07. The van der Waals surface area contributed by atoms with E-state index in [-0.39, 0.29) is 12.1 Å². The van der Waals surface area contributed by atoms with Gasteiger partial charge in [0.1, 0.15) is 29.0 Å². The molecule has 1 saturated carbocycles. The summed E-state index contributed by atoms with van der Waals surface area (Å²) in [6, 6.07) is 5.33. The number of rotatable bonds is 7. The zero-order chi connectivity index (χ0) is 23.3. The van der Waals surface area contributed by atoms with E-state index < -0.39 is 0 Å². The predicted molar refractivity (Wildman–Crippen MR) is 127 cm³/mol. The quantitative estimate of drug-likeness (QED) is 0.570. The van der Waals surface area contributed by atoms with Gasteiger partial charge >= 0.3 is 6.03 Å². The highest BCUT2D eigenvalue weighted by atomic mass is 35.5. The Labute approximate surface area is 193 Å². The van der Waals surface area contributed by atoms with Crippen molar-refractivity contribution in [3.8, 4) is 11.5 Å². The van der Waals surface area contributed by atoms with E-state index in [0.717, 1.165) is 43.1 Å². The molecule has 2 aromatic rings. The first-order valence-corrected chi connectivity index (χ1v) is 11.0. The van der Waals surface area contributed by atoms with Crippen molar-refractivity contribution in [3.05, 3.63) is 29.0 Å². The number of methoxy groups -OCH3 is 2. The molecule has 1 aliphatic rings. The number of halogens is 1. The van der Waals surface area contributed by atoms with Gasteiger partial charge in [0.15, 0.2) is 0 Å². The van der Waals surface area contributed by atoms with E-state index in [4.69, 9.17) is 21.1 Å². The Balaban J connectivity index is 1.52. The summed E-state index contributed by atoms with van der Waals surface area (Å²) < 4.78 is 10.5.